The molecule has 0 spiro atoms. The van der Waals surface area contributed by atoms with Crippen LogP contribution in [0.5, 0.6) is 0 Å². The van der Waals surface area contributed by atoms with Crippen LogP contribution in [0.4, 0.5) is 4.39 Å². The molecule has 2 N–H and O–H groups in total. The third kappa shape index (κ3) is 3.95. The summed E-state index contributed by atoms with van der Waals surface area (Å²) < 4.78 is 20.7. The van der Waals surface area contributed by atoms with E-state index >= 15 is 0 Å². The molecule has 6 nitrogen and oxygen atoms in total. The van der Waals surface area contributed by atoms with Crippen LogP contribution in [0.3, 0.4) is 0 Å². The van der Waals surface area contributed by atoms with Crippen molar-refractivity contribution in [3.05, 3.63) is 72.2 Å². The molecule has 2 unspecified atom stereocenters. The standard InChI is InChI=1S/C18H18FN3O3/c1-12(10-16(23)17-4-2-9-25-17)21-18(24)13-5-6-15(14(19)11-13)22-8-3-7-20-22/h2-9,11-12,16,23H,10H2,1H3,(H,21,24). The van der Waals surface area contributed by atoms with E-state index < -0.39 is 17.8 Å². The van der Waals surface area contributed by atoms with Crippen molar-refractivity contribution >= 4 is 5.91 Å². The summed E-state index contributed by atoms with van der Waals surface area (Å²) in [5.41, 5.74) is 0.468. The lowest BCUT2D eigenvalue weighted by atomic mass is 10.1. The van der Waals surface area contributed by atoms with Gasteiger partial charge in [-0.05, 0) is 43.3 Å². The van der Waals surface area contributed by atoms with Crippen molar-refractivity contribution < 1.29 is 18.7 Å². The van der Waals surface area contributed by atoms with E-state index in [0.29, 0.717) is 5.76 Å². The minimum Gasteiger partial charge on any atom is -0.467 e. The van der Waals surface area contributed by atoms with Crippen LogP contribution in [0, 0.1) is 5.82 Å². The Kier molecular flexibility index (Phi) is 4.95. The van der Waals surface area contributed by atoms with Crippen molar-refractivity contribution in [2.24, 2.45) is 0 Å². The number of aliphatic hydroxyl groups is 1. The number of carbonyl (C=O) groups is 1. The molecule has 2 atom stereocenters. The van der Waals surface area contributed by atoms with E-state index in [4.69, 9.17) is 4.42 Å². The second-order valence-corrected chi connectivity index (χ2v) is 5.76. The van der Waals surface area contributed by atoms with Gasteiger partial charge in [0.2, 0.25) is 0 Å². The van der Waals surface area contributed by atoms with Crippen molar-refractivity contribution in [2.75, 3.05) is 0 Å². The molecule has 0 aliphatic heterocycles. The van der Waals surface area contributed by atoms with Gasteiger partial charge in [-0.15, -0.1) is 0 Å². The van der Waals surface area contributed by atoms with Gasteiger partial charge in [-0.2, -0.15) is 5.10 Å². The molecular formula is C18H18FN3O3. The number of halogens is 1. The minimum atomic E-state index is -0.816. The molecule has 1 amide bonds. The molecule has 1 aromatic carbocycles. The molecule has 0 aliphatic carbocycles. The van der Waals surface area contributed by atoms with Gasteiger partial charge in [0.25, 0.3) is 5.91 Å². The number of rotatable bonds is 6. The van der Waals surface area contributed by atoms with Gasteiger partial charge in [-0.25, -0.2) is 9.07 Å². The summed E-state index contributed by atoms with van der Waals surface area (Å²) >= 11 is 0. The molecule has 130 valence electrons. The normalized spacial score (nSPS) is 13.4. The summed E-state index contributed by atoms with van der Waals surface area (Å²) in [4.78, 5) is 12.3. The van der Waals surface area contributed by atoms with Gasteiger partial charge in [0.05, 0.1) is 6.26 Å². The highest BCUT2D eigenvalue weighted by molar-refractivity contribution is 5.94. The Morgan fingerprint density at radius 1 is 1.40 bits per heavy atom. The number of amides is 1. The van der Waals surface area contributed by atoms with Gasteiger partial charge in [-0.1, -0.05) is 0 Å². The monoisotopic (exact) mass is 343 g/mol. The minimum absolute atomic E-state index is 0.202. The van der Waals surface area contributed by atoms with E-state index in [1.807, 2.05) is 0 Å². The summed E-state index contributed by atoms with van der Waals surface area (Å²) in [5, 5.41) is 16.7. The fourth-order valence-electron chi connectivity index (χ4n) is 2.54. The average molecular weight is 343 g/mol. The van der Waals surface area contributed by atoms with Gasteiger partial charge in [0.15, 0.2) is 0 Å². The zero-order valence-electron chi connectivity index (χ0n) is 13.6. The van der Waals surface area contributed by atoms with Crippen LogP contribution < -0.4 is 5.32 Å². The zero-order chi connectivity index (χ0) is 17.8. The number of aliphatic hydroxyl groups excluding tert-OH is 1. The highest BCUT2D eigenvalue weighted by Gasteiger charge is 2.18. The number of carbonyl (C=O) groups excluding carboxylic acids is 1. The third-order valence-corrected chi connectivity index (χ3v) is 3.79. The molecule has 7 heteroatoms. The number of hydrogen-bond donors (Lipinski definition) is 2. The van der Waals surface area contributed by atoms with Crippen LogP contribution in [0.15, 0.2) is 59.5 Å². The maximum Gasteiger partial charge on any atom is 0.251 e. The van der Waals surface area contributed by atoms with Crippen LogP contribution in [0.25, 0.3) is 5.69 Å². The summed E-state index contributed by atoms with van der Waals surface area (Å²) in [5.74, 6) is -0.514. The van der Waals surface area contributed by atoms with Crippen molar-refractivity contribution in [3.63, 3.8) is 0 Å². The molecule has 3 rings (SSSR count). The Morgan fingerprint density at radius 2 is 2.24 bits per heavy atom. The SMILES string of the molecule is CC(CC(O)c1ccco1)NC(=O)c1ccc(-n2cccn2)c(F)c1. The zero-order valence-corrected chi connectivity index (χ0v) is 13.6. The van der Waals surface area contributed by atoms with Gasteiger partial charge in [0, 0.05) is 30.4 Å². The topological polar surface area (TPSA) is 80.3 Å². The van der Waals surface area contributed by atoms with E-state index in [2.05, 4.69) is 10.4 Å². The maximum atomic E-state index is 14.2. The van der Waals surface area contributed by atoms with Gasteiger partial charge >= 0.3 is 0 Å². The smallest absolute Gasteiger partial charge is 0.251 e. The Balaban J connectivity index is 1.64. The summed E-state index contributed by atoms with van der Waals surface area (Å²) in [7, 11) is 0. The number of benzene rings is 1. The largest absolute Gasteiger partial charge is 0.467 e. The van der Waals surface area contributed by atoms with E-state index in [0.717, 1.165) is 0 Å². The van der Waals surface area contributed by atoms with Crippen molar-refractivity contribution in [1.82, 2.24) is 15.1 Å². The molecule has 2 aromatic heterocycles. The lowest BCUT2D eigenvalue weighted by molar-refractivity contribution is 0.0902. The Labute approximate surface area is 143 Å². The Morgan fingerprint density at radius 3 is 2.88 bits per heavy atom. The van der Waals surface area contributed by atoms with Gasteiger partial charge < -0.3 is 14.8 Å². The molecule has 0 bridgehead atoms. The first-order valence-electron chi connectivity index (χ1n) is 7.86. The first kappa shape index (κ1) is 16.9. The molecule has 3 aromatic rings. The Hall–Kier alpha value is -2.93. The molecule has 25 heavy (non-hydrogen) atoms. The van der Waals surface area contributed by atoms with Gasteiger partial charge in [0.1, 0.15) is 23.4 Å². The molecule has 0 saturated heterocycles. The van der Waals surface area contributed by atoms with Crippen LogP contribution in [-0.2, 0) is 0 Å². The fraction of sp³-hybridized carbons (Fsp3) is 0.222. The predicted octanol–water partition coefficient (Wildman–Crippen LogP) is 2.85. The lowest BCUT2D eigenvalue weighted by Crippen LogP contribution is -2.33. The first-order valence-corrected chi connectivity index (χ1v) is 7.86. The van der Waals surface area contributed by atoms with Crippen LogP contribution in [0.2, 0.25) is 0 Å². The summed E-state index contributed by atoms with van der Waals surface area (Å²) in [6.07, 6.45) is 4.12. The second kappa shape index (κ2) is 7.31. The van der Waals surface area contributed by atoms with Crippen molar-refractivity contribution in [1.29, 1.82) is 0 Å². The maximum absolute atomic E-state index is 14.2. The number of nitrogens with one attached hydrogen (secondary N) is 1. The molecule has 0 saturated carbocycles. The molecule has 0 radical (unpaired) electrons. The van der Waals surface area contributed by atoms with Gasteiger partial charge in [-0.3, -0.25) is 4.79 Å². The molecule has 0 aliphatic rings. The fourth-order valence-corrected chi connectivity index (χ4v) is 2.54. The second-order valence-electron chi connectivity index (χ2n) is 5.76. The number of hydrogen-bond acceptors (Lipinski definition) is 4. The van der Waals surface area contributed by atoms with E-state index in [1.165, 1.54) is 29.1 Å². The van der Waals surface area contributed by atoms with Crippen LogP contribution >= 0.6 is 0 Å². The van der Waals surface area contributed by atoms with Crippen LogP contribution in [-0.4, -0.2) is 26.8 Å². The van der Waals surface area contributed by atoms with Crippen LogP contribution in [0.1, 0.15) is 35.6 Å². The number of aromatic nitrogens is 2. The van der Waals surface area contributed by atoms with E-state index in [9.17, 15) is 14.3 Å². The Bertz CT molecular complexity index is 831. The molecule has 2 heterocycles. The number of furan rings is 1. The predicted molar refractivity (Wildman–Crippen MR) is 88.7 cm³/mol. The highest BCUT2D eigenvalue weighted by atomic mass is 19.1. The summed E-state index contributed by atoms with van der Waals surface area (Å²) in [6, 6.07) is 8.93. The average Bonchev–Trinajstić information content (AvgIpc) is 3.28. The third-order valence-electron chi connectivity index (χ3n) is 3.79. The first-order chi connectivity index (χ1) is 12.0. The lowest BCUT2D eigenvalue weighted by Gasteiger charge is -2.17. The number of nitrogens with zero attached hydrogens (tertiary/aromatic N) is 2. The van der Waals surface area contributed by atoms with Crippen molar-refractivity contribution in [3.8, 4) is 5.69 Å². The van der Waals surface area contributed by atoms with Crippen molar-refractivity contribution in [2.45, 2.75) is 25.5 Å². The highest BCUT2D eigenvalue weighted by Crippen LogP contribution is 2.19. The molecule has 0 fully saturated rings. The molecular weight excluding hydrogens is 325 g/mol. The van der Waals surface area contributed by atoms with E-state index in [-0.39, 0.29) is 23.7 Å². The quantitative estimate of drug-likeness (QED) is 0.721. The van der Waals surface area contributed by atoms with E-state index in [1.54, 1.807) is 37.5 Å². The summed E-state index contributed by atoms with van der Waals surface area (Å²) in [6.45, 7) is 1.76.